The highest BCUT2D eigenvalue weighted by Gasteiger charge is 2.15. The molecule has 0 aromatic heterocycles. The number of rotatable bonds is 6. The molecular formula is C15H19NO3. The van der Waals surface area contributed by atoms with E-state index in [0.29, 0.717) is 25.5 Å². The molecule has 1 unspecified atom stereocenters. The molecule has 19 heavy (non-hydrogen) atoms. The Kier molecular flexibility index (Phi) is 5.08. The monoisotopic (exact) mass is 261 g/mol. The highest BCUT2D eigenvalue weighted by molar-refractivity contribution is 5.44. The number of fused-ring (bicyclic) bond motifs is 1. The summed E-state index contributed by atoms with van der Waals surface area (Å²) in [7, 11) is 0. The van der Waals surface area contributed by atoms with Gasteiger partial charge in [-0.15, -0.1) is 12.3 Å². The lowest BCUT2D eigenvalue weighted by molar-refractivity contribution is 0.163. The fourth-order valence-electron chi connectivity index (χ4n) is 1.94. The molecule has 0 saturated heterocycles. The standard InChI is InChI=1S/C15H19NO3/c1-2-3-4-7-16-11-13(17)12-5-6-14-15(10-12)19-9-8-18-14/h1,5-6,10,13,16-17H,3-4,7-9,11H2. The molecule has 0 amide bonds. The second-order valence-corrected chi connectivity index (χ2v) is 4.43. The number of hydrogen-bond acceptors (Lipinski definition) is 4. The summed E-state index contributed by atoms with van der Waals surface area (Å²) in [5.41, 5.74) is 0.827. The van der Waals surface area contributed by atoms with Crippen LogP contribution in [-0.2, 0) is 0 Å². The van der Waals surface area contributed by atoms with Crippen LogP contribution in [-0.4, -0.2) is 31.4 Å². The van der Waals surface area contributed by atoms with Crippen LogP contribution in [0.5, 0.6) is 11.5 Å². The fraction of sp³-hybridized carbons (Fsp3) is 0.467. The fourth-order valence-corrected chi connectivity index (χ4v) is 1.94. The van der Waals surface area contributed by atoms with E-state index in [1.807, 2.05) is 18.2 Å². The van der Waals surface area contributed by atoms with Crippen molar-refractivity contribution in [1.82, 2.24) is 5.32 Å². The SMILES string of the molecule is C#CCCCNCC(O)c1ccc2c(c1)OCCO2. The van der Waals surface area contributed by atoms with Crippen LogP contribution >= 0.6 is 0 Å². The summed E-state index contributed by atoms with van der Waals surface area (Å²) in [5, 5.41) is 13.3. The maximum Gasteiger partial charge on any atom is 0.161 e. The Morgan fingerprint density at radius 1 is 1.32 bits per heavy atom. The molecule has 2 N–H and O–H groups in total. The van der Waals surface area contributed by atoms with Crippen molar-refractivity contribution in [1.29, 1.82) is 0 Å². The molecule has 0 radical (unpaired) electrons. The number of aliphatic hydroxyl groups excluding tert-OH is 1. The summed E-state index contributed by atoms with van der Waals surface area (Å²) in [6, 6.07) is 5.54. The average molecular weight is 261 g/mol. The number of benzene rings is 1. The van der Waals surface area contributed by atoms with E-state index in [1.165, 1.54) is 0 Å². The normalized spacial score (nSPS) is 14.7. The van der Waals surface area contributed by atoms with E-state index >= 15 is 0 Å². The van der Waals surface area contributed by atoms with Gasteiger partial charge in [0.25, 0.3) is 0 Å². The summed E-state index contributed by atoms with van der Waals surface area (Å²) >= 11 is 0. The number of hydrogen-bond donors (Lipinski definition) is 2. The van der Waals surface area contributed by atoms with Gasteiger partial charge in [0.05, 0.1) is 6.10 Å². The van der Waals surface area contributed by atoms with Crippen molar-refractivity contribution >= 4 is 0 Å². The quantitative estimate of drug-likeness (QED) is 0.602. The Bertz CT molecular complexity index is 453. The van der Waals surface area contributed by atoms with Gasteiger partial charge in [0.1, 0.15) is 13.2 Å². The molecular weight excluding hydrogens is 242 g/mol. The third kappa shape index (κ3) is 3.88. The van der Waals surface area contributed by atoms with Gasteiger partial charge < -0.3 is 19.9 Å². The predicted octanol–water partition coefficient (Wildman–Crippen LogP) is 1.49. The van der Waals surface area contributed by atoms with Gasteiger partial charge >= 0.3 is 0 Å². The molecule has 2 rings (SSSR count). The summed E-state index contributed by atoms with van der Waals surface area (Å²) < 4.78 is 10.9. The van der Waals surface area contributed by atoms with Crippen LogP contribution in [0.4, 0.5) is 0 Å². The highest BCUT2D eigenvalue weighted by Crippen LogP contribution is 2.32. The van der Waals surface area contributed by atoms with E-state index in [1.54, 1.807) is 0 Å². The molecule has 102 valence electrons. The van der Waals surface area contributed by atoms with Crippen LogP contribution in [0.25, 0.3) is 0 Å². The summed E-state index contributed by atoms with van der Waals surface area (Å²) in [6.45, 7) is 2.44. The van der Waals surface area contributed by atoms with E-state index in [2.05, 4.69) is 11.2 Å². The number of terminal acetylenes is 1. The van der Waals surface area contributed by atoms with Crippen molar-refractivity contribution in [2.45, 2.75) is 18.9 Å². The van der Waals surface area contributed by atoms with E-state index in [0.717, 1.165) is 30.7 Å². The van der Waals surface area contributed by atoms with Crippen LogP contribution in [0, 0.1) is 12.3 Å². The van der Waals surface area contributed by atoms with E-state index in [-0.39, 0.29) is 0 Å². The minimum absolute atomic E-state index is 0.504. The molecule has 1 aliphatic rings. The van der Waals surface area contributed by atoms with Crippen LogP contribution in [0.3, 0.4) is 0 Å². The van der Waals surface area contributed by atoms with Gasteiger partial charge in [-0.05, 0) is 30.7 Å². The molecule has 0 saturated carbocycles. The van der Waals surface area contributed by atoms with Crippen molar-refractivity contribution in [3.8, 4) is 23.8 Å². The molecule has 0 bridgehead atoms. The summed E-state index contributed by atoms with van der Waals surface area (Å²) in [4.78, 5) is 0. The number of ether oxygens (including phenoxy) is 2. The summed E-state index contributed by atoms with van der Waals surface area (Å²) in [5.74, 6) is 4.03. The zero-order chi connectivity index (χ0) is 13.5. The van der Waals surface area contributed by atoms with Gasteiger partial charge in [0.15, 0.2) is 11.5 Å². The smallest absolute Gasteiger partial charge is 0.161 e. The third-order valence-corrected chi connectivity index (χ3v) is 2.96. The Labute approximate surface area is 113 Å². The van der Waals surface area contributed by atoms with Crippen molar-refractivity contribution in [3.05, 3.63) is 23.8 Å². The van der Waals surface area contributed by atoms with E-state index in [4.69, 9.17) is 15.9 Å². The Balaban J connectivity index is 1.85. The molecule has 0 aliphatic carbocycles. The van der Waals surface area contributed by atoms with Crippen molar-refractivity contribution in [2.75, 3.05) is 26.3 Å². The van der Waals surface area contributed by atoms with E-state index in [9.17, 15) is 5.11 Å². The first-order chi connectivity index (χ1) is 9.31. The van der Waals surface area contributed by atoms with Crippen LogP contribution < -0.4 is 14.8 Å². The van der Waals surface area contributed by atoms with Crippen LogP contribution in [0.2, 0.25) is 0 Å². The van der Waals surface area contributed by atoms with Gasteiger partial charge in [-0.1, -0.05) is 6.07 Å². The molecule has 1 aromatic rings. The van der Waals surface area contributed by atoms with Crippen molar-refractivity contribution in [2.24, 2.45) is 0 Å². The van der Waals surface area contributed by atoms with Crippen molar-refractivity contribution < 1.29 is 14.6 Å². The maximum atomic E-state index is 10.1. The lowest BCUT2D eigenvalue weighted by atomic mass is 10.1. The van der Waals surface area contributed by atoms with Crippen LogP contribution in [0.15, 0.2) is 18.2 Å². The molecule has 4 heteroatoms. The van der Waals surface area contributed by atoms with Gasteiger partial charge in [0.2, 0.25) is 0 Å². The Morgan fingerprint density at radius 3 is 2.89 bits per heavy atom. The second kappa shape index (κ2) is 7.03. The molecule has 1 aliphatic heterocycles. The maximum absolute atomic E-state index is 10.1. The largest absolute Gasteiger partial charge is 0.486 e. The zero-order valence-corrected chi connectivity index (χ0v) is 10.9. The van der Waals surface area contributed by atoms with E-state index < -0.39 is 6.10 Å². The molecule has 0 fully saturated rings. The Hall–Kier alpha value is -1.70. The van der Waals surface area contributed by atoms with Crippen LogP contribution in [0.1, 0.15) is 24.5 Å². The first-order valence-corrected chi connectivity index (χ1v) is 6.53. The molecule has 0 spiro atoms. The third-order valence-electron chi connectivity index (χ3n) is 2.96. The lowest BCUT2D eigenvalue weighted by Gasteiger charge is -2.20. The van der Waals surface area contributed by atoms with Gasteiger partial charge in [-0.3, -0.25) is 0 Å². The first-order valence-electron chi connectivity index (χ1n) is 6.53. The van der Waals surface area contributed by atoms with Crippen molar-refractivity contribution in [3.63, 3.8) is 0 Å². The lowest BCUT2D eigenvalue weighted by Crippen LogP contribution is -2.22. The predicted molar refractivity (Wildman–Crippen MR) is 73.3 cm³/mol. The number of unbranched alkanes of at least 4 members (excludes halogenated alkanes) is 1. The first kappa shape index (κ1) is 13.7. The zero-order valence-electron chi connectivity index (χ0n) is 10.9. The minimum atomic E-state index is -0.554. The highest BCUT2D eigenvalue weighted by atomic mass is 16.6. The number of aliphatic hydroxyl groups is 1. The average Bonchev–Trinajstić information content (AvgIpc) is 2.46. The molecule has 1 aromatic carbocycles. The minimum Gasteiger partial charge on any atom is -0.486 e. The topological polar surface area (TPSA) is 50.7 Å². The molecule has 1 atom stereocenters. The van der Waals surface area contributed by atoms with Gasteiger partial charge in [-0.2, -0.15) is 0 Å². The number of nitrogens with one attached hydrogen (secondary N) is 1. The Morgan fingerprint density at radius 2 is 2.11 bits per heavy atom. The van der Waals surface area contributed by atoms with Gasteiger partial charge in [-0.25, -0.2) is 0 Å². The molecule has 4 nitrogen and oxygen atoms in total. The van der Waals surface area contributed by atoms with Gasteiger partial charge in [0, 0.05) is 13.0 Å². The second-order valence-electron chi connectivity index (χ2n) is 4.43. The molecule has 1 heterocycles. The summed E-state index contributed by atoms with van der Waals surface area (Å²) in [6.07, 6.45) is 6.30.